The van der Waals surface area contributed by atoms with E-state index in [1.807, 2.05) is 0 Å². The average Bonchev–Trinajstić information content (AvgIpc) is 2.39. The topological polar surface area (TPSA) is 79.1 Å². The van der Waals surface area contributed by atoms with E-state index >= 15 is 0 Å². The highest BCUT2D eigenvalue weighted by atomic mass is 32.1. The molecule has 0 saturated heterocycles. The molecular weight excluding hydrogens is 162 g/mol. The fraction of sp³-hybridized carbons (Fsp3) is 0. The summed E-state index contributed by atoms with van der Waals surface area (Å²) in [6.45, 7) is 0. The summed E-state index contributed by atoms with van der Waals surface area (Å²) in [6, 6.07) is 0. The second kappa shape index (κ2) is 3.67. The molecule has 0 unspecified atom stereocenters. The van der Waals surface area contributed by atoms with E-state index in [1.54, 1.807) is 12.5 Å². The van der Waals surface area contributed by atoms with Crippen molar-refractivity contribution in [2.75, 3.05) is 0 Å². The molecule has 0 aromatic carbocycles. The van der Waals surface area contributed by atoms with Gasteiger partial charge in [0.2, 0.25) is 0 Å². The lowest BCUT2D eigenvalue weighted by atomic mass is 10.5. The first kappa shape index (κ1) is 7.67. The monoisotopic (exact) mass is 169 g/mol. The van der Waals surface area contributed by atoms with Crippen molar-refractivity contribution in [2.45, 2.75) is 0 Å². The molecule has 0 atom stereocenters. The summed E-state index contributed by atoms with van der Waals surface area (Å²) in [5.74, 6) is 0. The predicted octanol–water partition coefficient (Wildman–Crippen LogP) is -0.423. The van der Waals surface area contributed by atoms with Gasteiger partial charge < -0.3 is 10.7 Å². The zero-order valence-electron chi connectivity index (χ0n) is 5.61. The van der Waals surface area contributed by atoms with Gasteiger partial charge in [-0.25, -0.2) is 4.98 Å². The van der Waals surface area contributed by atoms with Gasteiger partial charge in [-0.05, 0) is 12.2 Å². The minimum atomic E-state index is 0.140. The van der Waals surface area contributed by atoms with Crippen LogP contribution in [-0.4, -0.2) is 21.3 Å². The standard InChI is InChI=1S/C5H7N5S/c6-5(11)10-9-2-4-1-7-3-8-4/h1-3H,(H,7,8)(H3,6,10,11)/b9-2-. The minimum absolute atomic E-state index is 0.140. The molecule has 0 aliphatic heterocycles. The van der Waals surface area contributed by atoms with E-state index in [2.05, 4.69) is 32.7 Å². The maximum absolute atomic E-state index is 5.11. The molecule has 6 heteroatoms. The van der Waals surface area contributed by atoms with Gasteiger partial charge in [0.1, 0.15) is 0 Å². The number of aromatic amines is 1. The van der Waals surface area contributed by atoms with E-state index < -0.39 is 0 Å². The van der Waals surface area contributed by atoms with Gasteiger partial charge in [-0.1, -0.05) is 0 Å². The first-order valence-corrected chi connectivity index (χ1v) is 3.27. The van der Waals surface area contributed by atoms with Crippen molar-refractivity contribution in [3.05, 3.63) is 18.2 Å². The summed E-state index contributed by atoms with van der Waals surface area (Å²) in [7, 11) is 0. The summed E-state index contributed by atoms with van der Waals surface area (Å²) >= 11 is 4.52. The van der Waals surface area contributed by atoms with Gasteiger partial charge >= 0.3 is 0 Å². The first-order valence-electron chi connectivity index (χ1n) is 2.86. The lowest BCUT2D eigenvalue weighted by Crippen LogP contribution is -2.23. The SMILES string of the molecule is NC(=S)N/N=C\c1cnc[nH]1. The molecule has 0 fully saturated rings. The highest BCUT2D eigenvalue weighted by molar-refractivity contribution is 7.80. The molecule has 1 rings (SSSR count). The summed E-state index contributed by atoms with van der Waals surface area (Å²) in [4.78, 5) is 6.61. The van der Waals surface area contributed by atoms with Crippen LogP contribution in [-0.2, 0) is 0 Å². The first-order chi connectivity index (χ1) is 5.29. The molecule has 4 N–H and O–H groups in total. The second-order valence-electron chi connectivity index (χ2n) is 1.74. The third-order valence-corrected chi connectivity index (χ3v) is 0.989. The van der Waals surface area contributed by atoms with E-state index in [1.165, 1.54) is 6.21 Å². The second-order valence-corrected chi connectivity index (χ2v) is 2.18. The molecular formula is C5H7N5S. The Balaban J connectivity index is 2.43. The fourth-order valence-electron chi connectivity index (χ4n) is 0.503. The Bertz CT molecular complexity index is 252. The number of nitrogens with one attached hydrogen (secondary N) is 2. The van der Waals surface area contributed by atoms with Crippen LogP contribution in [0.15, 0.2) is 17.6 Å². The van der Waals surface area contributed by atoms with Crippen molar-refractivity contribution in [2.24, 2.45) is 10.8 Å². The van der Waals surface area contributed by atoms with Crippen LogP contribution >= 0.6 is 12.2 Å². The summed E-state index contributed by atoms with van der Waals surface area (Å²) in [5, 5.41) is 3.84. The number of imidazole rings is 1. The Kier molecular flexibility index (Phi) is 2.56. The third-order valence-electron chi connectivity index (χ3n) is 0.898. The Morgan fingerprint density at radius 1 is 1.91 bits per heavy atom. The van der Waals surface area contributed by atoms with Crippen molar-refractivity contribution in [3.63, 3.8) is 0 Å². The predicted molar refractivity (Wildman–Crippen MR) is 46.1 cm³/mol. The summed E-state index contributed by atoms with van der Waals surface area (Å²) in [5.41, 5.74) is 8.31. The Labute approximate surface area is 68.7 Å². The number of hydrogen-bond acceptors (Lipinski definition) is 3. The molecule has 5 nitrogen and oxygen atoms in total. The van der Waals surface area contributed by atoms with Crippen LogP contribution in [0.25, 0.3) is 0 Å². The lowest BCUT2D eigenvalue weighted by Gasteiger charge is -1.91. The van der Waals surface area contributed by atoms with E-state index in [0.29, 0.717) is 0 Å². The number of rotatable bonds is 2. The molecule has 0 spiro atoms. The van der Waals surface area contributed by atoms with Crippen molar-refractivity contribution < 1.29 is 0 Å². The molecule has 11 heavy (non-hydrogen) atoms. The molecule has 0 bridgehead atoms. The maximum Gasteiger partial charge on any atom is 0.184 e. The Hall–Kier alpha value is -1.43. The normalized spacial score (nSPS) is 10.2. The van der Waals surface area contributed by atoms with Gasteiger partial charge in [-0.2, -0.15) is 5.10 Å². The van der Waals surface area contributed by atoms with Crippen LogP contribution in [0, 0.1) is 0 Å². The molecule has 1 aromatic heterocycles. The number of nitrogens with zero attached hydrogens (tertiary/aromatic N) is 2. The van der Waals surface area contributed by atoms with Crippen molar-refractivity contribution in [1.29, 1.82) is 0 Å². The quantitative estimate of drug-likeness (QED) is 0.319. The van der Waals surface area contributed by atoms with Crippen LogP contribution in [0.2, 0.25) is 0 Å². The van der Waals surface area contributed by atoms with E-state index in [4.69, 9.17) is 5.73 Å². The number of hydrazone groups is 1. The minimum Gasteiger partial charge on any atom is -0.375 e. The van der Waals surface area contributed by atoms with Gasteiger partial charge in [0.05, 0.1) is 24.4 Å². The van der Waals surface area contributed by atoms with Crippen LogP contribution in [0.1, 0.15) is 5.69 Å². The zero-order valence-corrected chi connectivity index (χ0v) is 6.43. The van der Waals surface area contributed by atoms with Crippen LogP contribution < -0.4 is 11.2 Å². The number of H-pyrrole nitrogens is 1. The highest BCUT2D eigenvalue weighted by Crippen LogP contribution is 1.82. The number of thiocarbonyl (C=S) groups is 1. The van der Waals surface area contributed by atoms with Gasteiger partial charge in [-0.3, -0.25) is 5.43 Å². The van der Waals surface area contributed by atoms with Crippen LogP contribution in [0.3, 0.4) is 0 Å². The average molecular weight is 169 g/mol. The molecule has 0 saturated carbocycles. The number of hydrogen-bond donors (Lipinski definition) is 3. The largest absolute Gasteiger partial charge is 0.375 e. The van der Waals surface area contributed by atoms with E-state index in [9.17, 15) is 0 Å². The maximum atomic E-state index is 5.11. The number of nitrogens with two attached hydrogens (primary N) is 1. The molecule has 0 aliphatic rings. The molecule has 0 aliphatic carbocycles. The van der Waals surface area contributed by atoms with Crippen molar-refractivity contribution in [1.82, 2.24) is 15.4 Å². The molecule has 58 valence electrons. The molecule has 0 radical (unpaired) electrons. The lowest BCUT2D eigenvalue weighted by molar-refractivity contribution is 1.04. The van der Waals surface area contributed by atoms with E-state index in [0.717, 1.165) is 5.69 Å². The molecule has 1 heterocycles. The van der Waals surface area contributed by atoms with E-state index in [-0.39, 0.29) is 5.11 Å². The Morgan fingerprint density at radius 3 is 3.27 bits per heavy atom. The van der Waals surface area contributed by atoms with Crippen molar-refractivity contribution >= 4 is 23.5 Å². The summed E-state index contributed by atoms with van der Waals surface area (Å²) in [6.07, 6.45) is 4.72. The van der Waals surface area contributed by atoms with Gasteiger partial charge in [0, 0.05) is 0 Å². The Morgan fingerprint density at radius 2 is 2.73 bits per heavy atom. The van der Waals surface area contributed by atoms with Crippen molar-refractivity contribution in [3.8, 4) is 0 Å². The fourth-order valence-corrected chi connectivity index (χ4v) is 0.555. The smallest absolute Gasteiger partial charge is 0.184 e. The highest BCUT2D eigenvalue weighted by Gasteiger charge is 1.85. The van der Waals surface area contributed by atoms with Crippen LogP contribution in [0.4, 0.5) is 0 Å². The zero-order chi connectivity index (χ0) is 8.10. The molecule has 1 aromatic rings. The molecule has 0 amide bonds. The van der Waals surface area contributed by atoms with Gasteiger partial charge in [-0.15, -0.1) is 0 Å². The summed E-state index contributed by atoms with van der Waals surface area (Å²) < 4.78 is 0. The van der Waals surface area contributed by atoms with Gasteiger partial charge in [0.15, 0.2) is 5.11 Å². The third kappa shape index (κ3) is 2.76. The number of aromatic nitrogens is 2. The van der Waals surface area contributed by atoms with Crippen LogP contribution in [0.5, 0.6) is 0 Å². The van der Waals surface area contributed by atoms with Gasteiger partial charge in [0.25, 0.3) is 0 Å².